The quantitative estimate of drug-likeness (QED) is 0.672. The average Bonchev–Trinajstić information content (AvgIpc) is 1.88. The molecule has 0 aliphatic carbocycles. The molecule has 0 N–H and O–H groups in total. The van der Waals surface area contributed by atoms with E-state index in [4.69, 9.17) is 0 Å². The van der Waals surface area contributed by atoms with Crippen molar-refractivity contribution in [1.29, 1.82) is 0 Å². The van der Waals surface area contributed by atoms with Gasteiger partial charge in [0.05, 0.1) is 0 Å². The molecule has 1 aromatic carbocycles. The third-order valence-electron chi connectivity index (χ3n) is 1.34. The van der Waals surface area contributed by atoms with E-state index in [0.29, 0.717) is 0 Å². The first-order valence-electron chi connectivity index (χ1n) is 3.47. The maximum atomic E-state index is 2.16. The summed E-state index contributed by atoms with van der Waals surface area (Å²) in [4.78, 5) is 2.16. The van der Waals surface area contributed by atoms with Gasteiger partial charge < -0.3 is 4.90 Å². The van der Waals surface area contributed by atoms with Crippen LogP contribution >= 0.6 is 12.4 Å². The third-order valence-corrected chi connectivity index (χ3v) is 1.34. The van der Waals surface area contributed by atoms with Crippen molar-refractivity contribution in [3.8, 4) is 0 Å². The third kappa shape index (κ3) is 12.5. The van der Waals surface area contributed by atoms with E-state index in [9.17, 15) is 0 Å². The standard InChI is InChI=1S/C9H13N.ClH.3Na.3H/c1-10(2)8-9-6-4-3-5-7-9;;;;;;;/h3-7H,8H2,1-2H3;1H;;;;;;. The van der Waals surface area contributed by atoms with E-state index >= 15 is 0 Å². The minimum atomic E-state index is 0. The topological polar surface area (TPSA) is 3.24 Å². The van der Waals surface area contributed by atoms with Crippen LogP contribution in [0.4, 0.5) is 0 Å². The van der Waals surface area contributed by atoms with Gasteiger partial charge in [0.2, 0.25) is 0 Å². The molecule has 0 saturated heterocycles. The van der Waals surface area contributed by atoms with E-state index in [1.807, 2.05) is 6.07 Å². The molecule has 14 heavy (non-hydrogen) atoms. The summed E-state index contributed by atoms with van der Waals surface area (Å²) in [6, 6.07) is 10.5. The SMILES string of the molecule is CN(C)Cc1ccccc1.Cl.[NaH].[NaH].[NaH]. The summed E-state index contributed by atoms with van der Waals surface area (Å²) in [6.07, 6.45) is 0. The number of nitrogens with zero attached hydrogens (tertiary/aromatic N) is 1. The maximum absolute atomic E-state index is 2.16. The summed E-state index contributed by atoms with van der Waals surface area (Å²) in [5.41, 5.74) is 1.37. The molecule has 0 amide bonds. The van der Waals surface area contributed by atoms with Crippen molar-refractivity contribution in [2.45, 2.75) is 6.54 Å². The van der Waals surface area contributed by atoms with Crippen LogP contribution in [0.5, 0.6) is 0 Å². The van der Waals surface area contributed by atoms with Gasteiger partial charge in [-0.25, -0.2) is 0 Å². The summed E-state index contributed by atoms with van der Waals surface area (Å²) in [7, 11) is 4.15. The molecule has 0 unspecified atom stereocenters. The zero-order valence-electron chi connectivity index (χ0n) is 6.95. The zero-order valence-corrected chi connectivity index (χ0v) is 7.77. The predicted octanol–water partition coefficient (Wildman–Crippen LogP) is 0.224. The van der Waals surface area contributed by atoms with Crippen molar-refractivity contribution in [2.24, 2.45) is 0 Å². The molecule has 1 nitrogen and oxygen atoms in total. The van der Waals surface area contributed by atoms with E-state index in [1.165, 1.54) is 5.56 Å². The van der Waals surface area contributed by atoms with E-state index in [0.717, 1.165) is 6.54 Å². The molecular formula is C9H17ClNNa3. The van der Waals surface area contributed by atoms with E-state index in [-0.39, 0.29) is 101 Å². The Labute approximate surface area is 160 Å². The molecule has 0 fully saturated rings. The molecule has 68 valence electrons. The summed E-state index contributed by atoms with van der Waals surface area (Å²) in [5, 5.41) is 0. The van der Waals surface area contributed by atoms with Crippen LogP contribution in [0.25, 0.3) is 0 Å². The second-order valence-electron chi connectivity index (χ2n) is 2.72. The first kappa shape index (κ1) is 25.3. The molecule has 0 radical (unpaired) electrons. The molecule has 5 heteroatoms. The Morgan fingerprint density at radius 2 is 1.36 bits per heavy atom. The summed E-state index contributed by atoms with van der Waals surface area (Å²) < 4.78 is 0. The molecule has 0 bridgehead atoms. The van der Waals surface area contributed by atoms with Crippen molar-refractivity contribution in [3.63, 3.8) is 0 Å². The van der Waals surface area contributed by atoms with Crippen molar-refractivity contribution < 1.29 is 0 Å². The molecule has 0 aliphatic heterocycles. The fourth-order valence-electron chi connectivity index (χ4n) is 0.949. The normalized spacial score (nSPS) is 7.36. The van der Waals surface area contributed by atoms with Crippen molar-refractivity contribution >= 4 is 101 Å². The molecule has 1 rings (SSSR count). The minimum absolute atomic E-state index is 0. The Morgan fingerprint density at radius 3 is 1.71 bits per heavy atom. The monoisotopic (exact) mass is 243 g/mol. The van der Waals surface area contributed by atoms with E-state index < -0.39 is 0 Å². The predicted molar refractivity (Wildman–Crippen MR) is 72.5 cm³/mol. The number of halogens is 1. The van der Waals surface area contributed by atoms with Gasteiger partial charge in [-0.15, -0.1) is 12.4 Å². The van der Waals surface area contributed by atoms with Gasteiger partial charge in [-0.1, -0.05) is 30.3 Å². The molecule has 0 aliphatic rings. The fraction of sp³-hybridized carbons (Fsp3) is 0.333. The van der Waals surface area contributed by atoms with Crippen LogP contribution in [0.2, 0.25) is 0 Å². The van der Waals surface area contributed by atoms with Gasteiger partial charge in [-0.3, -0.25) is 0 Å². The number of hydrogen-bond donors (Lipinski definition) is 0. The number of hydrogen-bond acceptors (Lipinski definition) is 1. The first-order valence-corrected chi connectivity index (χ1v) is 3.47. The van der Waals surface area contributed by atoms with Crippen LogP contribution in [0.15, 0.2) is 30.3 Å². The van der Waals surface area contributed by atoms with Gasteiger partial charge >= 0.3 is 88.7 Å². The molecule has 0 spiro atoms. The first-order chi connectivity index (χ1) is 4.79. The molecule has 0 saturated carbocycles. The summed E-state index contributed by atoms with van der Waals surface area (Å²) in [6.45, 7) is 1.03. The average molecular weight is 244 g/mol. The van der Waals surface area contributed by atoms with Crippen LogP contribution in [-0.4, -0.2) is 108 Å². The fourth-order valence-corrected chi connectivity index (χ4v) is 0.949. The number of rotatable bonds is 2. The number of benzene rings is 1. The van der Waals surface area contributed by atoms with Gasteiger partial charge in [-0.2, -0.15) is 0 Å². The summed E-state index contributed by atoms with van der Waals surface area (Å²) >= 11 is 0. The molecular weight excluding hydrogens is 227 g/mol. The van der Waals surface area contributed by atoms with Gasteiger partial charge in [0, 0.05) is 6.54 Å². The van der Waals surface area contributed by atoms with Gasteiger partial charge in [0.25, 0.3) is 0 Å². The molecule has 0 heterocycles. The zero-order chi connectivity index (χ0) is 7.40. The van der Waals surface area contributed by atoms with Crippen molar-refractivity contribution in [3.05, 3.63) is 35.9 Å². The van der Waals surface area contributed by atoms with Crippen LogP contribution < -0.4 is 0 Å². The molecule has 1 aromatic rings. The second-order valence-corrected chi connectivity index (χ2v) is 2.72. The van der Waals surface area contributed by atoms with Crippen LogP contribution in [0.1, 0.15) is 5.56 Å². The van der Waals surface area contributed by atoms with Gasteiger partial charge in [-0.05, 0) is 19.7 Å². The van der Waals surface area contributed by atoms with Crippen molar-refractivity contribution in [2.75, 3.05) is 14.1 Å². The molecule has 0 aromatic heterocycles. The van der Waals surface area contributed by atoms with Gasteiger partial charge in [0.15, 0.2) is 0 Å². The van der Waals surface area contributed by atoms with Crippen LogP contribution in [-0.2, 0) is 6.54 Å². The Morgan fingerprint density at radius 1 is 0.929 bits per heavy atom. The van der Waals surface area contributed by atoms with E-state index in [1.54, 1.807) is 0 Å². The van der Waals surface area contributed by atoms with Gasteiger partial charge in [0.1, 0.15) is 0 Å². The Bertz CT molecular complexity index is 195. The Hall–Kier alpha value is 2.47. The van der Waals surface area contributed by atoms with Crippen molar-refractivity contribution in [1.82, 2.24) is 4.90 Å². The molecule has 0 atom stereocenters. The van der Waals surface area contributed by atoms with Crippen LogP contribution in [0, 0.1) is 0 Å². The Balaban J connectivity index is -0.000000125. The van der Waals surface area contributed by atoms with Crippen LogP contribution in [0.3, 0.4) is 0 Å². The van der Waals surface area contributed by atoms with E-state index in [2.05, 4.69) is 43.3 Å². The Kier molecular flexibility index (Phi) is 28.0. The summed E-state index contributed by atoms with van der Waals surface area (Å²) in [5.74, 6) is 0. The second kappa shape index (κ2) is 15.5.